The third kappa shape index (κ3) is 4.08. The van der Waals surface area contributed by atoms with Gasteiger partial charge >= 0.3 is 0 Å². The average molecular weight is 306 g/mol. The first-order valence-electron chi connectivity index (χ1n) is 7.48. The van der Waals surface area contributed by atoms with Gasteiger partial charge in [0.15, 0.2) is 0 Å². The van der Waals surface area contributed by atoms with Gasteiger partial charge in [0.25, 0.3) is 0 Å². The summed E-state index contributed by atoms with van der Waals surface area (Å²) in [5.74, 6) is 0. The van der Waals surface area contributed by atoms with Gasteiger partial charge in [-0.25, -0.2) is 0 Å². The molecule has 114 valence electrons. The van der Waals surface area contributed by atoms with Crippen molar-refractivity contribution >= 4 is 11.6 Å². The lowest BCUT2D eigenvalue weighted by molar-refractivity contribution is 0.520. The van der Waals surface area contributed by atoms with Gasteiger partial charge < -0.3 is 5.32 Å². The van der Waals surface area contributed by atoms with Gasteiger partial charge in [-0.3, -0.25) is 4.68 Å². The zero-order valence-electron chi connectivity index (χ0n) is 13.3. The molecular formula is C17H24ClN3. The molecule has 1 aromatic heterocycles. The van der Waals surface area contributed by atoms with Crippen molar-refractivity contribution in [1.82, 2.24) is 15.1 Å². The summed E-state index contributed by atoms with van der Waals surface area (Å²) >= 11 is 6.35. The highest BCUT2D eigenvalue weighted by molar-refractivity contribution is 6.30. The van der Waals surface area contributed by atoms with Crippen molar-refractivity contribution in [3.63, 3.8) is 0 Å². The van der Waals surface area contributed by atoms with E-state index in [0.717, 1.165) is 35.8 Å². The minimum atomic E-state index is 0.373. The minimum Gasteiger partial charge on any atom is -0.314 e. The third-order valence-electron chi connectivity index (χ3n) is 3.82. The molecule has 0 spiro atoms. The molecule has 0 saturated heterocycles. The molecule has 0 amide bonds. The first-order chi connectivity index (χ1) is 10.0. The summed E-state index contributed by atoms with van der Waals surface area (Å²) in [6.45, 7) is 7.23. The lowest BCUT2D eigenvalue weighted by Crippen LogP contribution is -2.33. The Labute approximate surface area is 132 Å². The summed E-state index contributed by atoms with van der Waals surface area (Å²) in [4.78, 5) is 0. The van der Waals surface area contributed by atoms with Gasteiger partial charge in [-0.05, 0) is 38.8 Å². The van der Waals surface area contributed by atoms with Gasteiger partial charge in [0.2, 0.25) is 0 Å². The van der Waals surface area contributed by atoms with Crippen molar-refractivity contribution in [2.24, 2.45) is 7.05 Å². The fourth-order valence-corrected chi connectivity index (χ4v) is 2.92. The Morgan fingerprint density at radius 3 is 2.38 bits per heavy atom. The monoisotopic (exact) mass is 305 g/mol. The second-order valence-electron chi connectivity index (χ2n) is 5.63. The highest BCUT2D eigenvalue weighted by Crippen LogP contribution is 2.21. The molecule has 0 saturated carbocycles. The molecule has 2 rings (SSSR count). The second kappa shape index (κ2) is 7.10. The summed E-state index contributed by atoms with van der Waals surface area (Å²) in [6.07, 6.45) is 1.90. The zero-order chi connectivity index (χ0) is 15.4. The predicted molar refractivity (Wildman–Crippen MR) is 89.0 cm³/mol. The van der Waals surface area contributed by atoms with Crippen molar-refractivity contribution in [2.75, 3.05) is 6.54 Å². The van der Waals surface area contributed by atoms with E-state index in [1.807, 2.05) is 14.0 Å². The van der Waals surface area contributed by atoms with E-state index in [9.17, 15) is 0 Å². The number of hydrogen-bond donors (Lipinski definition) is 1. The predicted octanol–water partition coefficient (Wildman–Crippen LogP) is 3.45. The molecule has 4 heteroatoms. The lowest BCUT2D eigenvalue weighted by Gasteiger charge is -2.18. The molecule has 0 aliphatic rings. The van der Waals surface area contributed by atoms with E-state index in [2.05, 4.69) is 48.5 Å². The summed E-state index contributed by atoms with van der Waals surface area (Å²) in [6, 6.07) is 9.12. The Morgan fingerprint density at radius 2 is 1.86 bits per heavy atom. The molecular weight excluding hydrogens is 282 g/mol. The molecule has 21 heavy (non-hydrogen) atoms. The van der Waals surface area contributed by atoms with Crippen LogP contribution in [0.15, 0.2) is 24.3 Å². The van der Waals surface area contributed by atoms with Crippen LogP contribution in [-0.4, -0.2) is 22.4 Å². The lowest BCUT2D eigenvalue weighted by atomic mass is 9.98. The third-order valence-corrected chi connectivity index (χ3v) is 4.29. The number of aryl methyl sites for hydroxylation is 3. The highest BCUT2D eigenvalue weighted by Gasteiger charge is 2.17. The Balaban J connectivity index is 2.13. The van der Waals surface area contributed by atoms with E-state index < -0.39 is 0 Å². The Kier molecular flexibility index (Phi) is 5.43. The maximum absolute atomic E-state index is 6.35. The van der Waals surface area contributed by atoms with E-state index in [1.165, 1.54) is 11.1 Å². The normalized spacial score (nSPS) is 12.6. The number of hydrogen-bond acceptors (Lipinski definition) is 2. The zero-order valence-corrected chi connectivity index (χ0v) is 14.0. The van der Waals surface area contributed by atoms with E-state index in [1.54, 1.807) is 4.68 Å². The molecule has 1 atom stereocenters. The Morgan fingerprint density at radius 1 is 1.19 bits per heavy atom. The number of aromatic nitrogens is 2. The van der Waals surface area contributed by atoms with Crippen molar-refractivity contribution in [2.45, 2.75) is 39.7 Å². The molecule has 1 N–H and O–H groups in total. The summed E-state index contributed by atoms with van der Waals surface area (Å²) < 4.78 is 1.75. The fourth-order valence-electron chi connectivity index (χ4n) is 2.67. The molecule has 0 bridgehead atoms. The number of likely N-dealkylation sites (N-methyl/N-ethyl adjacent to an activating group) is 1. The van der Waals surface area contributed by atoms with Crippen molar-refractivity contribution < 1.29 is 0 Å². The highest BCUT2D eigenvalue weighted by atomic mass is 35.5. The Bertz CT molecular complexity index is 587. The van der Waals surface area contributed by atoms with Gasteiger partial charge in [-0.15, -0.1) is 0 Å². The largest absolute Gasteiger partial charge is 0.314 e. The van der Waals surface area contributed by atoms with Crippen LogP contribution < -0.4 is 5.32 Å². The van der Waals surface area contributed by atoms with Crippen LogP contribution in [0.1, 0.15) is 29.3 Å². The first-order valence-corrected chi connectivity index (χ1v) is 7.86. The molecule has 3 nitrogen and oxygen atoms in total. The minimum absolute atomic E-state index is 0.373. The van der Waals surface area contributed by atoms with Crippen LogP contribution in [0.4, 0.5) is 0 Å². The molecule has 0 radical (unpaired) electrons. The second-order valence-corrected chi connectivity index (χ2v) is 5.98. The number of nitrogens with zero attached hydrogens (tertiary/aromatic N) is 2. The van der Waals surface area contributed by atoms with E-state index in [4.69, 9.17) is 11.6 Å². The quantitative estimate of drug-likeness (QED) is 0.886. The molecule has 0 fully saturated rings. The van der Waals surface area contributed by atoms with Crippen LogP contribution in [0.25, 0.3) is 0 Å². The number of halogens is 1. The van der Waals surface area contributed by atoms with Gasteiger partial charge in [0, 0.05) is 18.7 Å². The van der Waals surface area contributed by atoms with Crippen molar-refractivity contribution in [3.8, 4) is 0 Å². The molecule has 0 aliphatic heterocycles. The number of nitrogens with one attached hydrogen (secondary N) is 1. The molecule has 2 aromatic rings. The van der Waals surface area contributed by atoms with Crippen molar-refractivity contribution in [3.05, 3.63) is 51.8 Å². The molecule has 1 unspecified atom stereocenters. The number of benzene rings is 1. The van der Waals surface area contributed by atoms with Gasteiger partial charge in [-0.1, -0.05) is 48.4 Å². The van der Waals surface area contributed by atoms with Crippen LogP contribution in [-0.2, 0) is 19.9 Å². The maximum Gasteiger partial charge on any atom is 0.130 e. The van der Waals surface area contributed by atoms with Crippen LogP contribution in [0, 0.1) is 13.8 Å². The summed E-state index contributed by atoms with van der Waals surface area (Å²) in [5.41, 5.74) is 4.82. The fraction of sp³-hybridized carbons (Fsp3) is 0.471. The first kappa shape index (κ1) is 16.1. The summed E-state index contributed by atoms with van der Waals surface area (Å²) in [5, 5.41) is 8.71. The topological polar surface area (TPSA) is 29.9 Å². The van der Waals surface area contributed by atoms with Crippen molar-refractivity contribution in [1.29, 1.82) is 0 Å². The number of rotatable bonds is 6. The smallest absolute Gasteiger partial charge is 0.130 e. The van der Waals surface area contributed by atoms with Gasteiger partial charge in [0.05, 0.1) is 5.69 Å². The van der Waals surface area contributed by atoms with Crippen LogP contribution in [0.3, 0.4) is 0 Å². The SMILES string of the molecule is CCNC(Cc1ccc(C)cc1)Cc1c(C)nn(C)c1Cl. The maximum atomic E-state index is 6.35. The van der Waals surface area contributed by atoms with Gasteiger partial charge in [-0.2, -0.15) is 5.10 Å². The van der Waals surface area contributed by atoms with E-state index >= 15 is 0 Å². The standard InChI is InChI=1S/C17H24ClN3/c1-5-19-15(10-14-8-6-12(2)7-9-14)11-16-13(3)20-21(4)17(16)18/h6-9,15,19H,5,10-11H2,1-4H3. The molecule has 1 heterocycles. The average Bonchev–Trinajstić information content (AvgIpc) is 2.68. The molecule has 0 aliphatic carbocycles. The van der Waals surface area contributed by atoms with Crippen LogP contribution in [0.5, 0.6) is 0 Å². The Hall–Kier alpha value is -1.32. The van der Waals surface area contributed by atoms with Gasteiger partial charge in [0.1, 0.15) is 5.15 Å². The van der Waals surface area contributed by atoms with Crippen LogP contribution >= 0.6 is 11.6 Å². The van der Waals surface area contributed by atoms with E-state index in [-0.39, 0.29) is 0 Å². The summed E-state index contributed by atoms with van der Waals surface area (Å²) in [7, 11) is 1.89. The van der Waals surface area contributed by atoms with Crippen LogP contribution in [0.2, 0.25) is 5.15 Å². The molecule has 1 aromatic carbocycles. The van der Waals surface area contributed by atoms with E-state index in [0.29, 0.717) is 6.04 Å².